The fraction of sp³-hybridized carbons (Fsp3) is 0.231. The Balaban J connectivity index is 1.46. The number of hydrogen-bond acceptors (Lipinski definition) is 5. The Bertz CT molecular complexity index is 1450. The smallest absolute Gasteiger partial charge is 0.417 e. The van der Waals surface area contributed by atoms with Gasteiger partial charge >= 0.3 is 12.1 Å². The Morgan fingerprint density at radius 3 is 2.42 bits per heavy atom. The topological polar surface area (TPSA) is 92.8 Å². The number of halogens is 4. The highest BCUT2D eigenvalue weighted by Gasteiger charge is 2.38. The minimum absolute atomic E-state index is 0.0818. The number of carbonyl (C=O) groups is 2. The third-order valence-corrected chi connectivity index (χ3v) is 8.24. The number of alkyl halides is 3. The van der Waals surface area contributed by atoms with Gasteiger partial charge in [0, 0.05) is 12.2 Å². The van der Waals surface area contributed by atoms with Crippen molar-refractivity contribution >= 4 is 39.2 Å². The van der Waals surface area contributed by atoms with Crippen molar-refractivity contribution in [3.8, 4) is 0 Å². The van der Waals surface area contributed by atoms with Crippen molar-refractivity contribution in [1.82, 2.24) is 4.31 Å². The maximum absolute atomic E-state index is 13.4. The van der Waals surface area contributed by atoms with Gasteiger partial charge in [-0.2, -0.15) is 17.5 Å². The number of ether oxygens (including phenoxy) is 1. The third kappa shape index (κ3) is 6.17. The van der Waals surface area contributed by atoms with Gasteiger partial charge in [-0.1, -0.05) is 54.1 Å². The summed E-state index contributed by atoms with van der Waals surface area (Å²) in [5, 5.41) is 1.71. The Kier molecular flexibility index (Phi) is 8.10. The molecule has 0 spiro atoms. The second-order valence-electron chi connectivity index (χ2n) is 8.50. The zero-order valence-electron chi connectivity index (χ0n) is 19.7. The number of esters is 1. The van der Waals surface area contributed by atoms with Gasteiger partial charge in [-0.3, -0.25) is 9.59 Å². The third-order valence-electron chi connectivity index (χ3n) is 5.99. The van der Waals surface area contributed by atoms with Crippen molar-refractivity contribution in [2.75, 3.05) is 18.5 Å². The van der Waals surface area contributed by atoms with Crippen molar-refractivity contribution in [1.29, 1.82) is 0 Å². The number of sulfonamides is 1. The molecule has 0 radical (unpaired) electrons. The van der Waals surface area contributed by atoms with E-state index in [2.05, 4.69) is 5.32 Å². The molecule has 0 fully saturated rings. The van der Waals surface area contributed by atoms with Crippen LogP contribution in [0.25, 0.3) is 0 Å². The van der Waals surface area contributed by atoms with Crippen molar-refractivity contribution in [2.24, 2.45) is 0 Å². The average molecular weight is 567 g/mol. The molecule has 12 heteroatoms. The number of rotatable bonds is 7. The fourth-order valence-corrected chi connectivity index (χ4v) is 6.09. The summed E-state index contributed by atoms with van der Waals surface area (Å²) in [6, 6.07) is 17.0. The summed E-state index contributed by atoms with van der Waals surface area (Å²) >= 11 is 5.58. The Morgan fingerprint density at radius 1 is 1.03 bits per heavy atom. The first kappa shape index (κ1) is 27.6. The molecule has 0 unspecified atom stereocenters. The Labute approximate surface area is 222 Å². The minimum atomic E-state index is -4.72. The molecule has 7 nitrogen and oxygen atoms in total. The van der Waals surface area contributed by atoms with Crippen molar-refractivity contribution in [2.45, 2.75) is 30.0 Å². The van der Waals surface area contributed by atoms with Gasteiger partial charge in [0.05, 0.1) is 27.9 Å². The number of nitrogens with one attached hydrogen (secondary N) is 1. The highest BCUT2D eigenvalue weighted by Crippen LogP contribution is 2.37. The van der Waals surface area contributed by atoms with Gasteiger partial charge in [-0.15, -0.1) is 0 Å². The van der Waals surface area contributed by atoms with E-state index in [0.29, 0.717) is 18.1 Å². The van der Waals surface area contributed by atoms with E-state index in [0.717, 1.165) is 11.6 Å². The van der Waals surface area contributed by atoms with Gasteiger partial charge in [0.25, 0.3) is 5.91 Å². The van der Waals surface area contributed by atoms with Gasteiger partial charge in [-0.25, -0.2) is 8.42 Å². The average Bonchev–Trinajstić information content (AvgIpc) is 2.88. The second kappa shape index (κ2) is 11.1. The molecular formula is C26H22ClF3N2O5S. The van der Waals surface area contributed by atoms with Crippen molar-refractivity contribution in [3.05, 3.63) is 94.5 Å². The van der Waals surface area contributed by atoms with Gasteiger partial charge in [0.1, 0.15) is 0 Å². The summed E-state index contributed by atoms with van der Waals surface area (Å²) in [5.74, 6) is -1.71. The van der Waals surface area contributed by atoms with E-state index in [-0.39, 0.29) is 23.5 Å². The van der Waals surface area contributed by atoms with E-state index >= 15 is 0 Å². The van der Waals surface area contributed by atoms with Crippen LogP contribution in [0.15, 0.2) is 77.7 Å². The summed E-state index contributed by atoms with van der Waals surface area (Å²) in [7, 11) is -3.95. The summed E-state index contributed by atoms with van der Waals surface area (Å²) in [6.45, 7) is -0.632. The molecule has 1 amide bonds. The molecule has 3 aromatic carbocycles. The molecule has 1 N–H and O–H groups in total. The molecule has 4 rings (SSSR count). The van der Waals surface area contributed by atoms with Crippen molar-refractivity contribution in [3.63, 3.8) is 0 Å². The molecule has 0 aromatic heterocycles. The van der Waals surface area contributed by atoms with Crippen LogP contribution in [0.2, 0.25) is 5.02 Å². The number of benzene rings is 3. The van der Waals surface area contributed by atoms with Crippen LogP contribution in [0, 0.1) is 0 Å². The Hall–Kier alpha value is -3.41. The van der Waals surface area contributed by atoms with Gasteiger partial charge < -0.3 is 10.1 Å². The van der Waals surface area contributed by atoms with E-state index in [9.17, 15) is 31.2 Å². The van der Waals surface area contributed by atoms with Crippen LogP contribution in [0.5, 0.6) is 0 Å². The monoisotopic (exact) mass is 566 g/mol. The molecular weight excluding hydrogens is 545 g/mol. The zero-order chi connectivity index (χ0) is 27.5. The van der Waals surface area contributed by atoms with Gasteiger partial charge in [-0.05, 0) is 47.9 Å². The number of fused-ring (bicyclic) bond motifs is 1. The summed E-state index contributed by atoms with van der Waals surface area (Å²) < 4.78 is 72.3. The normalized spacial score (nSPS) is 15.9. The first-order chi connectivity index (χ1) is 18.0. The lowest BCUT2D eigenvalue weighted by Crippen LogP contribution is -2.41. The van der Waals surface area contributed by atoms with Gasteiger partial charge in [0.2, 0.25) is 10.0 Å². The lowest BCUT2D eigenvalue weighted by atomic mass is 9.92. The van der Waals surface area contributed by atoms with Crippen LogP contribution in [0.1, 0.15) is 29.2 Å². The summed E-state index contributed by atoms with van der Waals surface area (Å²) in [6.07, 6.45) is -4.63. The number of anilines is 1. The maximum Gasteiger partial charge on any atom is 0.417 e. The molecule has 38 heavy (non-hydrogen) atoms. The van der Waals surface area contributed by atoms with Gasteiger partial charge in [0.15, 0.2) is 6.61 Å². The molecule has 1 aliphatic heterocycles. The van der Waals surface area contributed by atoms with Crippen LogP contribution in [0.3, 0.4) is 0 Å². The molecule has 0 bridgehead atoms. The van der Waals surface area contributed by atoms with E-state index < -0.39 is 51.3 Å². The van der Waals surface area contributed by atoms with E-state index in [1.807, 2.05) is 12.1 Å². The molecule has 0 saturated carbocycles. The van der Waals surface area contributed by atoms with Crippen LogP contribution in [-0.2, 0) is 36.9 Å². The van der Waals surface area contributed by atoms with Crippen LogP contribution >= 0.6 is 11.6 Å². The molecule has 1 atom stereocenters. The van der Waals surface area contributed by atoms with Crippen LogP contribution in [-0.4, -0.2) is 37.8 Å². The second-order valence-corrected chi connectivity index (χ2v) is 10.8. The molecule has 3 aromatic rings. The lowest BCUT2D eigenvalue weighted by Gasteiger charge is -2.36. The summed E-state index contributed by atoms with van der Waals surface area (Å²) in [5.41, 5.74) is 0.250. The quantitative estimate of drug-likeness (QED) is 0.396. The molecule has 0 saturated heterocycles. The van der Waals surface area contributed by atoms with E-state index in [1.165, 1.54) is 22.5 Å². The zero-order valence-corrected chi connectivity index (χ0v) is 21.3. The fourth-order valence-electron chi connectivity index (χ4n) is 4.24. The van der Waals surface area contributed by atoms with Crippen molar-refractivity contribution < 1.29 is 35.9 Å². The maximum atomic E-state index is 13.4. The number of amides is 1. The van der Waals surface area contributed by atoms with Crippen LogP contribution < -0.4 is 5.32 Å². The summed E-state index contributed by atoms with van der Waals surface area (Å²) in [4.78, 5) is 25.1. The number of hydrogen-bond donors (Lipinski definition) is 1. The predicted octanol–water partition coefficient (Wildman–Crippen LogP) is 5.22. The number of nitrogens with zero attached hydrogens (tertiary/aromatic N) is 1. The molecule has 200 valence electrons. The highest BCUT2D eigenvalue weighted by atomic mass is 35.5. The SMILES string of the molecule is O=C(COC(=O)C[C@@H]1c2ccccc2CCN1S(=O)(=O)c1ccccc1)Nc1ccc(Cl)c(C(F)(F)F)c1. The van der Waals surface area contributed by atoms with E-state index in [4.69, 9.17) is 16.3 Å². The number of carbonyl (C=O) groups excluding carboxylic acids is 2. The minimum Gasteiger partial charge on any atom is -0.456 e. The highest BCUT2D eigenvalue weighted by molar-refractivity contribution is 7.89. The largest absolute Gasteiger partial charge is 0.456 e. The molecule has 0 aliphatic carbocycles. The van der Waals surface area contributed by atoms with E-state index in [1.54, 1.807) is 30.3 Å². The molecule has 1 aliphatic rings. The first-order valence-electron chi connectivity index (χ1n) is 11.4. The molecule has 1 heterocycles. The first-order valence-corrected chi connectivity index (χ1v) is 13.3. The van der Waals surface area contributed by atoms with Crippen LogP contribution in [0.4, 0.5) is 18.9 Å². The standard InChI is InChI=1S/C26H22ClF3N2O5S/c27-22-11-10-18(14-21(22)26(28,29)30)31-24(33)16-37-25(34)15-23-20-9-5-4-6-17(20)12-13-32(23)38(35,36)19-7-2-1-3-8-19/h1-11,14,23H,12-13,15-16H2,(H,31,33)/t23-/m1/s1. The predicted molar refractivity (Wildman–Crippen MR) is 134 cm³/mol. The lowest BCUT2D eigenvalue weighted by molar-refractivity contribution is -0.148. The Morgan fingerprint density at radius 2 is 1.71 bits per heavy atom.